The maximum absolute atomic E-state index is 14.8. The van der Waals surface area contributed by atoms with Crippen LogP contribution in [0, 0.1) is 11.6 Å². The number of carbonyl (C=O) groups excluding carboxylic acids is 2. The van der Waals surface area contributed by atoms with Crippen molar-refractivity contribution in [2.45, 2.75) is 6.18 Å². The van der Waals surface area contributed by atoms with E-state index < -0.39 is 35.4 Å². The summed E-state index contributed by atoms with van der Waals surface area (Å²) >= 11 is 3.12. The number of anilines is 5. The molecule has 0 fully saturated rings. The average molecular weight is 638 g/mol. The van der Waals surface area contributed by atoms with Gasteiger partial charge in [0.25, 0.3) is 5.91 Å². The SMILES string of the molecule is C=C(OC(=O)C(F)(F)F)C(=O)Nc1ccc(F)c(Nc2nc(Nc3cnn(C)c3)ncc2-c2ccc(F)c(Br)c2)c1. The summed E-state index contributed by atoms with van der Waals surface area (Å²) < 4.78 is 71.6. The van der Waals surface area contributed by atoms with E-state index in [1.807, 2.05) is 0 Å². The third kappa shape index (κ3) is 7.21. The van der Waals surface area contributed by atoms with Crippen LogP contribution >= 0.6 is 15.9 Å². The van der Waals surface area contributed by atoms with Crippen LogP contribution in [0.2, 0.25) is 0 Å². The zero-order valence-electron chi connectivity index (χ0n) is 20.7. The number of aromatic nitrogens is 4. The minimum Gasteiger partial charge on any atom is -0.415 e. The standard InChI is InChI=1S/C25H17BrF5N7O3/c1-12(41-23(40)25(29,30)31)22(39)34-14-4-6-19(28)20(8-14)36-21-16(13-3-5-18(27)17(26)7-13)10-32-24(37-21)35-15-9-33-38(2)11-15/h3-11H,1H2,2H3,(H,34,39)(H2,32,35,36,37). The summed E-state index contributed by atoms with van der Waals surface area (Å²) in [6.07, 6.45) is -0.743. The zero-order valence-corrected chi connectivity index (χ0v) is 22.3. The lowest BCUT2D eigenvalue weighted by Gasteiger charge is -2.15. The number of benzene rings is 2. The van der Waals surface area contributed by atoms with Crippen molar-refractivity contribution in [1.29, 1.82) is 0 Å². The molecular formula is C25H17BrF5N7O3. The molecule has 212 valence electrons. The quantitative estimate of drug-likeness (QED) is 0.0936. The molecule has 10 nitrogen and oxygen atoms in total. The first-order valence-corrected chi connectivity index (χ1v) is 12.0. The van der Waals surface area contributed by atoms with Gasteiger partial charge in [0.15, 0.2) is 5.76 Å². The molecule has 2 heterocycles. The molecule has 0 bridgehead atoms. The van der Waals surface area contributed by atoms with Crippen molar-refractivity contribution in [3.8, 4) is 11.1 Å². The lowest BCUT2D eigenvalue weighted by atomic mass is 10.1. The summed E-state index contributed by atoms with van der Waals surface area (Å²) in [4.78, 5) is 31.8. The second-order valence-electron chi connectivity index (χ2n) is 8.20. The Hall–Kier alpha value is -4.86. The Balaban J connectivity index is 1.64. The second kappa shape index (κ2) is 11.7. The molecule has 41 heavy (non-hydrogen) atoms. The van der Waals surface area contributed by atoms with Crippen molar-refractivity contribution in [2.24, 2.45) is 7.05 Å². The number of esters is 1. The molecule has 0 aliphatic rings. The highest BCUT2D eigenvalue weighted by Gasteiger charge is 2.42. The van der Waals surface area contributed by atoms with E-state index in [4.69, 9.17) is 0 Å². The summed E-state index contributed by atoms with van der Waals surface area (Å²) in [7, 11) is 1.71. The van der Waals surface area contributed by atoms with E-state index in [-0.39, 0.29) is 27.6 Å². The summed E-state index contributed by atoms with van der Waals surface area (Å²) in [6, 6.07) is 7.33. The van der Waals surface area contributed by atoms with Crippen LogP contribution in [-0.2, 0) is 21.4 Å². The van der Waals surface area contributed by atoms with Gasteiger partial charge in [-0.1, -0.05) is 12.6 Å². The molecular weight excluding hydrogens is 621 g/mol. The Labute approximate surface area is 236 Å². The van der Waals surface area contributed by atoms with Gasteiger partial charge >= 0.3 is 12.1 Å². The second-order valence-corrected chi connectivity index (χ2v) is 9.05. The summed E-state index contributed by atoms with van der Waals surface area (Å²) in [5.74, 6) is -6.18. The third-order valence-corrected chi connectivity index (χ3v) is 5.77. The molecule has 2 aromatic carbocycles. The molecule has 0 unspecified atom stereocenters. The Kier molecular flexibility index (Phi) is 8.32. The number of hydrogen-bond donors (Lipinski definition) is 3. The number of halogens is 6. The number of hydrogen-bond acceptors (Lipinski definition) is 8. The number of amides is 1. The summed E-state index contributed by atoms with van der Waals surface area (Å²) in [5, 5.41) is 11.9. The summed E-state index contributed by atoms with van der Waals surface area (Å²) in [5.41, 5.74) is 1.05. The molecule has 0 spiro atoms. The van der Waals surface area contributed by atoms with Crippen molar-refractivity contribution in [3.63, 3.8) is 0 Å². The minimum absolute atomic E-state index is 0.0655. The minimum atomic E-state index is -5.34. The van der Waals surface area contributed by atoms with E-state index in [2.05, 4.69) is 58.3 Å². The van der Waals surface area contributed by atoms with Crippen LogP contribution in [0.3, 0.4) is 0 Å². The third-order valence-electron chi connectivity index (χ3n) is 5.16. The predicted octanol–water partition coefficient (Wildman–Crippen LogP) is 5.96. The fraction of sp³-hybridized carbons (Fsp3) is 0.0800. The summed E-state index contributed by atoms with van der Waals surface area (Å²) in [6.45, 7) is 3.01. The number of carbonyl (C=O) groups is 2. The first-order chi connectivity index (χ1) is 19.3. The molecule has 0 saturated carbocycles. The lowest BCUT2D eigenvalue weighted by Crippen LogP contribution is -2.28. The molecule has 3 N–H and O–H groups in total. The van der Waals surface area contributed by atoms with E-state index in [1.54, 1.807) is 17.9 Å². The van der Waals surface area contributed by atoms with Crippen molar-refractivity contribution >= 4 is 56.6 Å². The molecule has 0 saturated heterocycles. The highest BCUT2D eigenvalue weighted by atomic mass is 79.9. The van der Waals surface area contributed by atoms with Gasteiger partial charge in [0.2, 0.25) is 5.95 Å². The maximum Gasteiger partial charge on any atom is 0.491 e. The Morgan fingerprint density at radius 1 is 1.02 bits per heavy atom. The van der Waals surface area contributed by atoms with E-state index in [9.17, 15) is 31.5 Å². The average Bonchev–Trinajstić information content (AvgIpc) is 3.31. The van der Waals surface area contributed by atoms with Crippen LogP contribution in [0.25, 0.3) is 11.1 Å². The smallest absolute Gasteiger partial charge is 0.415 e. The van der Waals surface area contributed by atoms with Crippen LogP contribution in [0.5, 0.6) is 0 Å². The Morgan fingerprint density at radius 3 is 2.41 bits per heavy atom. The van der Waals surface area contributed by atoms with Crippen molar-refractivity contribution in [2.75, 3.05) is 16.0 Å². The number of alkyl halides is 3. The van der Waals surface area contributed by atoms with Gasteiger partial charge in [-0.25, -0.2) is 18.6 Å². The molecule has 0 radical (unpaired) electrons. The first-order valence-electron chi connectivity index (χ1n) is 11.2. The first kappa shape index (κ1) is 29.1. The molecule has 4 rings (SSSR count). The van der Waals surface area contributed by atoms with E-state index >= 15 is 0 Å². The molecule has 1 amide bonds. The predicted molar refractivity (Wildman–Crippen MR) is 141 cm³/mol. The number of aryl methyl sites for hydroxylation is 1. The van der Waals surface area contributed by atoms with Crippen molar-refractivity contribution in [1.82, 2.24) is 19.7 Å². The van der Waals surface area contributed by atoms with Gasteiger partial charge in [-0.15, -0.1) is 0 Å². The Morgan fingerprint density at radius 2 is 1.76 bits per heavy atom. The maximum atomic E-state index is 14.8. The normalized spacial score (nSPS) is 11.1. The monoisotopic (exact) mass is 637 g/mol. The van der Waals surface area contributed by atoms with E-state index in [1.165, 1.54) is 30.6 Å². The number of ether oxygens (including phenoxy) is 1. The fourth-order valence-electron chi connectivity index (χ4n) is 3.27. The Bertz CT molecular complexity index is 1660. The van der Waals surface area contributed by atoms with E-state index in [0.29, 0.717) is 16.8 Å². The molecule has 0 aliphatic heterocycles. The molecule has 16 heteroatoms. The molecule has 0 atom stereocenters. The fourth-order valence-corrected chi connectivity index (χ4v) is 3.65. The van der Waals surface area contributed by atoms with Crippen LogP contribution < -0.4 is 16.0 Å². The van der Waals surface area contributed by atoms with Gasteiger partial charge in [0.05, 0.1) is 22.0 Å². The number of nitrogens with one attached hydrogen (secondary N) is 3. The number of rotatable bonds is 8. The molecule has 2 aromatic heterocycles. The van der Waals surface area contributed by atoms with E-state index in [0.717, 1.165) is 18.2 Å². The van der Waals surface area contributed by atoms with Gasteiger partial charge < -0.3 is 20.7 Å². The van der Waals surface area contributed by atoms with Crippen molar-refractivity contribution < 1.29 is 36.3 Å². The topological polar surface area (TPSA) is 123 Å². The van der Waals surface area contributed by atoms with Crippen LogP contribution in [0.4, 0.5) is 50.8 Å². The lowest BCUT2D eigenvalue weighted by molar-refractivity contribution is -0.195. The largest absolute Gasteiger partial charge is 0.491 e. The van der Waals surface area contributed by atoms with Crippen LogP contribution in [-0.4, -0.2) is 37.8 Å². The van der Waals surface area contributed by atoms with Crippen LogP contribution in [0.15, 0.2) is 71.8 Å². The zero-order chi connectivity index (χ0) is 29.9. The van der Waals surface area contributed by atoms with Crippen molar-refractivity contribution in [3.05, 3.63) is 83.4 Å². The highest BCUT2D eigenvalue weighted by molar-refractivity contribution is 9.10. The van der Waals surface area contributed by atoms with Gasteiger partial charge in [-0.05, 0) is 51.8 Å². The molecule has 4 aromatic rings. The van der Waals surface area contributed by atoms with Gasteiger partial charge in [-0.3, -0.25) is 9.48 Å². The van der Waals surface area contributed by atoms with Gasteiger partial charge in [0, 0.05) is 30.7 Å². The van der Waals surface area contributed by atoms with Crippen LogP contribution in [0.1, 0.15) is 0 Å². The van der Waals surface area contributed by atoms with Gasteiger partial charge in [-0.2, -0.15) is 23.3 Å². The highest BCUT2D eigenvalue weighted by Crippen LogP contribution is 2.33. The van der Waals surface area contributed by atoms with Gasteiger partial charge in [0.1, 0.15) is 17.5 Å². The molecule has 0 aliphatic carbocycles. The number of nitrogens with zero attached hydrogens (tertiary/aromatic N) is 4.